The number of oxime groups is 1. The number of carbonyl (C=O) groups is 5. The molecule has 1 aromatic carbocycles. The molecule has 3 rings (SSSR count). The number of fused-ring (bicyclic) bond motifs is 1. The monoisotopic (exact) mass is 547 g/mol. The lowest BCUT2D eigenvalue weighted by molar-refractivity contribution is -0.278. The van der Waals surface area contributed by atoms with Crippen LogP contribution in [-0.2, 0) is 47.8 Å². The number of amides is 2. The zero-order valence-electron chi connectivity index (χ0n) is 22.7. The number of nitrogens with one attached hydrogen (secondary N) is 1. The average Bonchev–Trinajstić information content (AvgIpc) is 3.09. The Hall–Kier alpha value is -4.00. The van der Waals surface area contributed by atoms with Gasteiger partial charge in [0.25, 0.3) is 12.2 Å². The van der Waals surface area contributed by atoms with Crippen LogP contribution in [0.1, 0.15) is 52.2 Å². The van der Waals surface area contributed by atoms with Gasteiger partial charge in [0.1, 0.15) is 18.8 Å². The Kier molecular flexibility index (Phi) is 9.62. The summed E-state index contributed by atoms with van der Waals surface area (Å²) in [6.07, 6.45) is -4.46. The molecule has 212 valence electrons. The van der Waals surface area contributed by atoms with E-state index in [-0.39, 0.29) is 18.2 Å². The number of hydrogen-bond acceptors (Lipinski definition) is 11. The number of esters is 3. The van der Waals surface area contributed by atoms with Gasteiger partial charge in [-0.2, -0.15) is 0 Å². The van der Waals surface area contributed by atoms with Crippen LogP contribution in [0.2, 0.25) is 0 Å². The molecule has 1 aromatic rings. The third-order valence-corrected chi connectivity index (χ3v) is 5.91. The van der Waals surface area contributed by atoms with Crippen LogP contribution in [0, 0.1) is 6.92 Å². The second kappa shape index (κ2) is 12.7. The molecule has 13 nitrogen and oxygen atoms in total. The highest BCUT2D eigenvalue weighted by Crippen LogP contribution is 2.32. The molecule has 39 heavy (non-hydrogen) atoms. The molecule has 1 N–H and O–H groups in total. The minimum atomic E-state index is -1.43. The summed E-state index contributed by atoms with van der Waals surface area (Å²) in [5, 5.41) is 6.71. The first-order valence-corrected chi connectivity index (χ1v) is 12.5. The van der Waals surface area contributed by atoms with E-state index in [0.717, 1.165) is 19.4 Å². The van der Waals surface area contributed by atoms with E-state index in [0.29, 0.717) is 24.2 Å². The Morgan fingerprint density at radius 3 is 2.28 bits per heavy atom. The summed E-state index contributed by atoms with van der Waals surface area (Å²) in [6.45, 7) is 8.58. The molecule has 1 saturated heterocycles. The van der Waals surface area contributed by atoms with Crippen molar-refractivity contribution in [1.29, 1.82) is 0 Å². The summed E-state index contributed by atoms with van der Waals surface area (Å²) in [5.41, 5.74) is 2.16. The van der Waals surface area contributed by atoms with Crippen LogP contribution in [-0.4, -0.2) is 79.2 Å². The highest BCUT2D eigenvalue weighted by atomic mass is 16.8. The van der Waals surface area contributed by atoms with Crippen molar-refractivity contribution in [2.24, 2.45) is 5.16 Å². The number of anilines is 1. The maximum atomic E-state index is 13.2. The van der Waals surface area contributed by atoms with Crippen molar-refractivity contribution in [3.05, 3.63) is 29.3 Å². The van der Waals surface area contributed by atoms with Crippen molar-refractivity contribution in [3.63, 3.8) is 0 Å². The van der Waals surface area contributed by atoms with Gasteiger partial charge in [-0.25, -0.2) is 0 Å². The molecule has 0 aliphatic carbocycles. The Bertz CT molecular complexity index is 1170. The van der Waals surface area contributed by atoms with Crippen LogP contribution >= 0.6 is 0 Å². The van der Waals surface area contributed by atoms with E-state index < -0.39 is 54.5 Å². The Morgan fingerprint density at radius 2 is 1.69 bits per heavy atom. The zero-order valence-corrected chi connectivity index (χ0v) is 22.7. The topological polar surface area (TPSA) is 159 Å². The average molecular weight is 548 g/mol. The fraction of sp³-hybridized carbons (Fsp3) is 0.538. The number of rotatable bonds is 9. The molecule has 0 spiro atoms. The number of benzene rings is 1. The van der Waals surface area contributed by atoms with Crippen molar-refractivity contribution in [2.75, 3.05) is 18.1 Å². The smallest absolute Gasteiger partial charge is 0.303 e. The van der Waals surface area contributed by atoms with Gasteiger partial charge in [-0.1, -0.05) is 23.7 Å². The predicted octanol–water partition coefficient (Wildman–Crippen LogP) is 1.13. The van der Waals surface area contributed by atoms with Crippen LogP contribution < -0.4 is 10.2 Å². The van der Waals surface area contributed by atoms with Crippen LogP contribution in [0.4, 0.5) is 5.69 Å². The number of hydrogen-bond donors (Lipinski definition) is 1. The van der Waals surface area contributed by atoms with Gasteiger partial charge in [-0.15, -0.1) is 0 Å². The molecular weight excluding hydrogens is 514 g/mol. The zero-order chi connectivity index (χ0) is 28.9. The van der Waals surface area contributed by atoms with E-state index in [9.17, 15) is 24.0 Å². The summed E-state index contributed by atoms with van der Waals surface area (Å²) in [6, 6.07) is 4.30. The summed E-state index contributed by atoms with van der Waals surface area (Å²) in [4.78, 5) is 68.1. The molecule has 0 unspecified atom stereocenters. The van der Waals surface area contributed by atoms with Gasteiger partial charge in [0, 0.05) is 39.8 Å². The minimum Gasteiger partial charge on any atom is -0.463 e. The quantitative estimate of drug-likeness (QED) is 0.270. The van der Waals surface area contributed by atoms with E-state index in [1.165, 1.54) is 13.8 Å². The highest BCUT2D eigenvalue weighted by molar-refractivity contribution is 6.54. The first kappa shape index (κ1) is 29.6. The first-order chi connectivity index (χ1) is 18.4. The molecule has 0 saturated carbocycles. The minimum absolute atomic E-state index is 0.0232. The normalized spacial score (nSPS) is 25.1. The van der Waals surface area contributed by atoms with Crippen molar-refractivity contribution >= 4 is 41.1 Å². The fourth-order valence-corrected chi connectivity index (χ4v) is 4.45. The van der Waals surface area contributed by atoms with E-state index in [2.05, 4.69) is 10.5 Å². The molecule has 2 heterocycles. The molecule has 0 bridgehead atoms. The second-order valence-electron chi connectivity index (χ2n) is 9.24. The van der Waals surface area contributed by atoms with Gasteiger partial charge in [-0.3, -0.25) is 24.0 Å². The third-order valence-electron chi connectivity index (χ3n) is 5.91. The van der Waals surface area contributed by atoms with Crippen molar-refractivity contribution in [1.82, 2.24) is 5.32 Å². The first-order valence-electron chi connectivity index (χ1n) is 12.5. The molecule has 2 amide bonds. The molecule has 0 radical (unpaired) electrons. The van der Waals surface area contributed by atoms with Crippen molar-refractivity contribution in [3.8, 4) is 0 Å². The summed E-state index contributed by atoms with van der Waals surface area (Å²) >= 11 is 0. The van der Waals surface area contributed by atoms with Crippen LogP contribution in [0.25, 0.3) is 0 Å². The molecule has 1 fully saturated rings. The maximum absolute atomic E-state index is 13.2. The molecular formula is C26H33N3O10. The maximum Gasteiger partial charge on any atom is 0.303 e. The van der Waals surface area contributed by atoms with E-state index in [4.69, 9.17) is 23.8 Å². The molecule has 2 aliphatic rings. The van der Waals surface area contributed by atoms with E-state index in [1.807, 2.05) is 26.0 Å². The molecule has 0 aromatic heterocycles. The number of ether oxygens (including phenoxy) is 4. The van der Waals surface area contributed by atoms with Gasteiger partial charge in [-0.05, 0) is 25.5 Å². The van der Waals surface area contributed by atoms with Gasteiger partial charge >= 0.3 is 17.9 Å². The largest absolute Gasteiger partial charge is 0.463 e. The Balaban J connectivity index is 2.02. The van der Waals surface area contributed by atoms with Crippen LogP contribution in [0.3, 0.4) is 0 Å². The number of carbonyl (C=O) groups excluding carboxylic acids is 5. The summed E-state index contributed by atoms with van der Waals surface area (Å²) in [5.74, 6) is -3.01. The third kappa shape index (κ3) is 7.11. The summed E-state index contributed by atoms with van der Waals surface area (Å²) < 4.78 is 21.8. The number of nitrogens with zero attached hydrogens (tertiary/aromatic N) is 2. The SMILES string of the molecule is CCCN1C(=O)/C(=N/O[C@@H]2O[C@@H](COC(C)=O)[C@@H](OC(C)=O)[C@@H](OC(C)=O)[C@@H]2NC(C)=O)c2cc(C)ccc21. The van der Waals surface area contributed by atoms with E-state index >= 15 is 0 Å². The number of aryl methyl sites for hydroxylation is 1. The Morgan fingerprint density at radius 1 is 1.03 bits per heavy atom. The lowest BCUT2D eigenvalue weighted by Crippen LogP contribution is -2.66. The van der Waals surface area contributed by atoms with E-state index in [1.54, 1.807) is 11.0 Å². The predicted molar refractivity (Wildman–Crippen MR) is 135 cm³/mol. The van der Waals surface area contributed by atoms with Gasteiger partial charge in [0.15, 0.2) is 17.9 Å². The lowest BCUT2D eigenvalue weighted by atomic mass is 9.96. The van der Waals surface area contributed by atoms with Gasteiger partial charge < -0.3 is 34.0 Å². The van der Waals surface area contributed by atoms with Gasteiger partial charge in [0.2, 0.25) is 5.91 Å². The van der Waals surface area contributed by atoms with Crippen molar-refractivity contribution < 1.29 is 47.8 Å². The van der Waals surface area contributed by atoms with Crippen LogP contribution in [0.5, 0.6) is 0 Å². The van der Waals surface area contributed by atoms with Crippen molar-refractivity contribution in [2.45, 2.75) is 78.6 Å². The Labute approximate surface area is 225 Å². The molecule has 5 atom stereocenters. The second-order valence-corrected chi connectivity index (χ2v) is 9.24. The fourth-order valence-electron chi connectivity index (χ4n) is 4.45. The van der Waals surface area contributed by atoms with Gasteiger partial charge in [0.05, 0.1) is 5.69 Å². The lowest BCUT2D eigenvalue weighted by Gasteiger charge is -2.43. The molecule has 2 aliphatic heterocycles. The standard InChI is InChI=1S/C26H33N3O10/c1-7-10-29-19-9-8-13(2)11-18(19)21(25(29)34)28-39-26-22(27-14(3)30)24(37-17(6)33)23(36-16(5)32)20(38-26)12-35-15(4)31/h8-9,11,20,22-24,26H,7,10,12H2,1-6H3,(H,27,30)/b28-21+/t20-,22-,23+,24-,26-/m0/s1. The molecule has 13 heteroatoms. The van der Waals surface area contributed by atoms with Crippen LogP contribution in [0.15, 0.2) is 23.4 Å². The highest BCUT2D eigenvalue weighted by Gasteiger charge is 2.52. The summed E-state index contributed by atoms with van der Waals surface area (Å²) in [7, 11) is 0.